The molecule has 7 nitrogen and oxygen atoms in total. The van der Waals surface area contributed by atoms with Crippen molar-refractivity contribution in [3.8, 4) is 5.75 Å². The number of hydrogen-bond acceptors (Lipinski definition) is 5. The van der Waals surface area contributed by atoms with Gasteiger partial charge < -0.3 is 19.9 Å². The van der Waals surface area contributed by atoms with Crippen LogP contribution in [0.15, 0.2) is 42.6 Å². The Morgan fingerprint density at radius 3 is 2.43 bits per heavy atom. The van der Waals surface area contributed by atoms with Crippen LogP contribution in [-0.4, -0.2) is 61.0 Å². The number of aromatic nitrogens is 1. The molecule has 1 aliphatic heterocycles. The van der Waals surface area contributed by atoms with Crippen molar-refractivity contribution in [3.63, 3.8) is 0 Å². The molecule has 4 rings (SSSR count). The van der Waals surface area contributed by atoms with Crippen LogP contribution in [0.4, 0.5) is 5.69 Å². The van der Waals surface area contributed by atoms with Crippen LogP contribution in [-0.2, 0) is 0 Å². The highest BCUT2D eigenvalue weighted by molar-refractivity contribution is 5.98. The molecule has 2 heterocycles. The summed E-state index contributed by atoms with van der Waals surface area (Å²) >= 11 is 0. The molecule has 2 fully saturated rings. The SMILES string of the molecule is COc1ccc(N2CCN(C(=O)c3cc(C(=O)NC4CC4)ccn3)CC2)cc1. The van der Waals surface area contributed by atoms with Gasteiger partial charge in [-0.15, -0.1) is 0 Å². The van der Waals surface area contributed by atoms with Crippen molar-refractivity contribution in [1.82, 2.24) is 15.2 Å². The number of pyridine rings is 1. The molecule has 1 saturated carbocycles. The number of carbonyl (C=O) groups excluding carboxylic acids is 2. The van der Waals surface area contributed by atoms with Crippen LogP contribution >= 0.6 is 0 Å². The van der Waals surface area contributed by atoms with E-state index in [1.165, 1.54) is 6.20 Å². The van der Waals surface area contributed by atoms with Gasteiger partial charge in [0.05, 0.1) is 7.11 Å². The van der Waals surface area contributed by atoms with Gasteiger partial charge in [0.25, 0.3) is 11.8 Å². The van der Waals surface area contributed by atoms with Crippen LogP contribution in [0.5, 0.6) is 5.75 Å². The fourth-order valence-electron chi connectivity index (χ4n) is 3.31. The van der Waals surface area contributed by atoms with E-state index < -0.39 is 0 Å². The Labute approximate surface area is 164 Å². The van der Waals surface area contributed by atoms with Crippen LogP contribution in [0, 0.1) is 0 Å². The van der Waals surface area contributed by atoms with Gasteiger partial charge in [0, 0.05) is 49.7 Å². The monoisotopic (exact) mass is 380 g/mol. The zero-order chi connectivity index (χ0) is 19.5. The first-order chi connectivity index (χ1) is 13.6. The number of amides is 2. The van der Waals surface area contributed by atoms with E-state index in [1.54, 1.807) is 24.1 Å². The van der Waals surface area contributed by atoms with Gasteiger partial charge in [-0.3, -0.25) is 14.6 Å². The molecule has 1 N–H and O–H groups in total. The Balaban J connectivity index is 1.37. The van der Waals surface area contributed by atoms with Crippen molar-refractivity contribution in [2.75, 3.05) is 38.2 Å². The number of nitrogens with zero attached hydrogens (tertiary/aromatic N) is 3. The third-order valence-electron chi connectivity index (χ3n) is 5.16. The smallest absolute Gasteiger partial charge is 0.272 e. The summed E-state index contributed by atoms with van der Waals surface area (Å²) in [6.45, 7) is 2.73. The lowest BCUT2D eigenvalue weighted by molar-refractivity contribution is 0.0741. The molecule has 2 amide bonds. The highest BCUT2D eigenvalue weighted by atomic mass is 16.5. The first-order valence-corrected chi connectivity index (χ1v) is 9.59. The normalized spacial score (nSPS) is 16.6. The molecule has 2 aromatic rings. The first kappa shape index (κ1) is 18.3. The molecule has 2 aliphatic rings. The molecule has 1 aliphatic carbocycles. The molecule has 1 aromatic heterocycles. The Kier molecular flexibility index (Phi) is 5.14. The summed E-state index contributed by atoms with van der Waals surface area (Å²) in [5.41, 5.74) is 1.92. The highest BCUT2D eigenvalue weighted by Gasteiger charge is 2.26. The molecule has 1 aromatic carbocycles. The molecule has 0 spiro atoms. The first-order valence-electron chi connectivity index (χ1n) is 9.59. The zero-order valence-electron chi connectivity index (χ0n) is 15.9. The number of methoxy groups -OCH3 is 1. The highest BCUT2D eigenvalue weighted by Crippen LogP contribution is 2.21. The number of anilines is 1. The minimum atomic E-state index is -0.136. The summed E-state index contributed by atoms with van der Waals surface area (Å²) in [6, 6.07) is 11.5. The van der Waals surface area contributed by atoms with E-state index >= 15 is 0 Å². The van der Waals surface area contributed by atoms with E-state index in [2.05, 4.69) is 15.2 Å². The van der Waals surface area contributed by atoms with E-state index in [9.17, 15) is 9.59 Å². The lowest BCUT2D eigenvalue weighted by Gasteiger charge is -2.36. The maximum absolute atomic E-state index is 12.8. The maximum atomic E-state index is 12.8. The van der Waals surface area contributed by atoms with Crippen LogP contribution < -0.4 is 15.0 Å². The van der Waals surface area contributed by atoms with E-state index in [4.69, 9.17) is 4.74 Å². The number of piperazine rings is 1. The van der Waals surface area contributed by atoms with Gasteiger partial charge in [0.15, 0.2) is 0 Å². The van der Waals surface area contributed by atoms with Crippen LogP contribution in [0.2, 0.25) is 0 Å². The van der Waals surface area contributed by atoms with Gasteiger partial charge in [-0.05, 0) is 49.2 Å². The van der Waals surface area contributed by atoms with Gasteiger partial charge in [-0.2, -0.15) is 0 Å². The van der Waals surface area contributed by atoms with Crippen molar-refractivity contribution < 1.29 is 14.3 Å². The van der Waals surface area contributed by atoms with Crippen molar-refractivity contribution >= 4 is 17.5 Å². The van der Waals surface area contributed by atoms with Gasteiger partial charge in [-0.25, -0.2) is 0 Å². The average Bonchev–Trinajstić information content (AvgIpc) is 3.57. The second-order valence-corrected chi connectivity index (χ2v) is 7.15. The summed E-state index contributed by atoms with van der Waals surface area (Å²) < 4.78 is 5.20. The molecule has 0 unspecified atom stereocenters. The average molecular weight is 380 g/mol. The second kappa shape index (κ2) is 7.88. The van der Waals surface area contributed by atoms with Crippen molar-refractivity contribution in [2.45, 2.75) is 18.9 Å². The van der Waals surface area contributed by atoms with Crippen molar-refractivity contribution in [1.29, 1.82) is 0 Å². The third-order valence-corrected chi connectivity index (χ3v) is 5.16. The predicted molar refractivity (Wildman–Crippen MR) is 106 cm³/mol. The molecule has 146 valence electrons. The largest absolute Gasteiger partial charge is 0.497 e. The zero-order valence-corrected chi connectivity index (χ0v) is 15.9. The number of nitrogens with one attached hydrogen (secondary N) is 1. The Bertz CT molecular complexity index is 856. The van der Waals surface area contributed by atoms with E-state index in [0.29, 0.717) is 24.3 Å². The van der Waals surface area contributed by atoms with E-state index in [0.717, 1.165) is 37.4 Å². The van der Waals surface area contributed by atoms with Crippen LogP contribution in [0.3, 0.4) is 0 Å². The van der Waals surface area contributed by atoms with Crippen LogP contribution in [0.25, 0.3) is 0 Å². The van der Waals surface area contributed by atoms with E-state index in [-0.39, 0.29) is 17.9 Å². The lowest BCUT2D eigenvalue weighted by atomic mass is 10.2. The molecular formula is C21H24N4O3. The number of ether oxygens (including phenoxy) is 1. The van der Waals surface area contributed by atoms with E-state index in [1.807, 2.05) is 24.3 Å². The molecule has 0 bridgehead atoms. The summed E-state index contributed by atoms with van der Waals surface area (Å²) in [5.74, 6) is 0.563. The molecule has 0 atom stereocenters. The number of carbonyl (C=O) groups is 2. The standard InChI is InChI=1S/C21H24N4O3/c1-28-18-6-4-17(5-7-18)24-10-12-25(13-11-24)21(27)19-14-15(8-9-22-19)20(26)23-16-2-3-16/h4-9,14,16H,2-3,10-13H2,1H3,(H,23,26). The minimum absolute atomic E-state index is 0.129. The Hall–Kier alpha value is -3.09. The lowest BCUT2D eigenvalue weighted by Crippen LogP contribution is -2.49. The van der Waals surface area contributed by atoms with Gasteiger partial charge in [0.1, 0.15) is 11.4 Å². The Morgan fingerprint density at radius 1 is 1.07 bits per heavy atom. The van der Waals surface area contributed by atoms with Gasteiger partial charge in [-0.1, -0.05) is 0 Å². The second-order valence-electron chi connectivity index (χ2n) is 7.15. The quantitative estimate of drug-likeness (QED) is 0.858. The minimum Gasteiger partial charge on any atom is -0.497 e. The summed E-state index contributed by atoms with van der Waals surface area (Å²) in [4.78, 5) is 33.3. The Morgan fingerprint density at radius 2 is 1.79 bits per heavy atom. The summed E-state index contributed by atoms with van der Waals surface area (Å²) in [7, 11) is 1.65. The third kappa shape index (κ3) is 4.08. The number of hydrogen-bond donors (Lipinski definition) is 1. The van der Waals surface area contributed by atoms with Gasteiger partial charge >= 0.3 is 0 Å². The molecule has 7 heteroatoms. The fourth-order valence-corrected chi connectivity index (χ4v) is 3.31. The number of rotatable bonds is 5. The van der Waals surface area contributed by atoms with Gasteiger partial charge in [0.2, 0.25) is 0 Å². The predicted octanol–water partition coefficient (Wildman–Crippen LogP) is 1.94. The summed E-state index contributed by atoms with van der Waals surface area (Å²) in [6.07, 6.45) is 3.59. The molecular weight excluding hydrogens is 356 g/mol. The maximum Gasteiger partial charge on any atom is 0.272 e. The van der Waals surface area contributed by atoms with Crippen LogP contribution in [0.1, 0.15) is 33.7 Å². The number of benzene rings is 1. The topological polar surface area (TPSA) is 74.8 Å². The van der Waals surface area contributed by atoms with Crippen molar-refractivity contribution in [2.24, 2.45) is 0 Å². The van der Waals surface area contributed by atoms with Crippen molar-refractivity contribution in [3.05, 3.63) is 53.9 Å². The molecule has 28 heavy (non-hydrogen) atoms. The molecule has 1 saturated heterocycles. The fraction of sp³-hybridized carbons (Fsp3) is 0.381. The summed E-state index contributed by atoms with van der Waals surface area (Å²) in [5, 5.41) is 2.94. The molecule has 0 radical (unpaired) electrons.